The van der Waals surface area contributed by atoms with Crippen LogP contribution in [0.15, 0.2) is 24.3 Å². The molecule has 0 spiro atoms. The highest BCUT2D eigenvalue weighted by atomic mass is 16.1. The van der Waals surface area contributed by atoms with Gasteiger partial charge in [0.05, 0.1) is 0 Å². The number of aryl methyl sites for hydroxylation is 1. The summed E-state index contributed by atoms with van der Waals surface area (Å²) in [7, 11) is 0. The molecule has 92 valence electrons. The van der Waals surface area contributed by atoms with Gasteiger partial charge in [0.25, 0.3) is 5.91 Å². The van der Waals surface area contributed by atoms with Gasteiger partial charge in [-0.1, -0.05) is 17.7 Å². The number of nitrogens with two attached hydrogens (primary N) is 1. The Kier molecular flexibility index (Phi) is 3.79. The van der Waals surface area contributed by atoms with Crippen molar-refractivity contribution in [3.63, 3.8) is 0 Å². The molecule has 0 atom stereocenters. The Bertz CT molecular complexity index is 395. The lowest BCUT2D eigenvalue weighted by Crippen LogP contribution is -2.40. The standard InChI is InChI=1S/C14H20N2O/c1-10-3-2-4-11(9-10)14(17)16-13-7-5-12(15)6-8-13/h2-4,9,12-13H,5-8,15H2,1H3,(H,16,17). The third kappa shape index (κ3) is 3.30. The quantitative estimate of drug-likeness (QED) is 0.819. The molecule has 3 nitrogen and oxygen atoms in total. The number of hydrogen-bond acceptors (Lipinski definition) is 2. The Morgan fingerprint density at radius 1 is 1.29 bits per heavy atom. The summed E-state index contributed by atoms with van der Waals surface area (Å²) in [5.41, 5.74) is 7.71. The van der Waals surface area contributed by atoms with Crippen molar-refractivity contribution in [1.82, 2.24) is 5.32 Å². The Hall–Kier alpha value is -1.35. The average molecular weight is 232 g/mol. The summed E-state index contributed by atoms with van der Waals surface area (Å²) in [6, 6.07) is 8.31. The summed E-state index contributed by atoms with van der Waals surface area (Å²) in [6.45, 7) is 2.00. The zero-order valence-corrected chi connectivity index (χ0v) is 10.3. The Balaban J connectivity index is 1.93. The van der Waals surface area contributed by atoms with E-state index in [9.17, 15) is 4.79 Å². The van der Waals surface area contributed by atoms with Crippen LogP contribution in [0.2, 0.25) is 0 Å². The highest BCUT2D eigenvalue weighted by molar-refractivity contribution is 5.94. The molecule has 3 N–H and O–H groups in total. The predicted molar refractivity (Wildman–Crippen MR) is 68.9 cm³/mol. The number of hydrogen-bond donors (Lipinski definition) is 2. The molecule has 17 heavy (non-hydrogen) atoms. The third-order valence-corrected chi connectivity index (χ3v) is 3.39. The molecule has 0 radical (unpaired) electrons. The van der Waals surface area contributed by atoms with Crippen LogP contribution in [0.25, 0.3) is 0 Å². The lowest BCUT2D eigenvalue weighted by Gasteiger charge is -2.26. The molecule has 1 aromatic carbocycles. The number of carbonyl (C=O) groups excluding carboxylic acids is 1. The van der Waals surface area contributed by atoms with E-state index < -0.39 is 0 Å². The van der Waals surface area contributed by atoms with Crippen molar-refractivity contribution in [2.75, 3.05) is 0 Å². The first kappa shape index (κ1) is 12.1. The van der Waals surface area contributed by atoms with Crippen molar-refractivity contribution < 1.29 is 4.79 Å². The van der Waals surface area contributed by atoms with Gasteiger partial charge in [-0.05, 0) is 44.7 Å². The summed E-state index contributed by atoms with van der Waals surface area (Å²) in [4.78, 5) is 12.0. The topological polar surface area (TPSA) is 55.1 Å². The lowest BCUT2D eigenvalue weighted by molar-refractivity contribution is 0.0926. The van der Waals surface area contributed by atoms with Crippen LogP contribution < -0.4 is 11.1 Å². The highest BCUT2D eigenvalue weighted by Crippen LogP contribution is 2.17. The second-order valence-electron chi connectivity index (χ2n) is 4.95. The van der Waals surface area contributed by atoms with Gasteiger partial charge < -0.3 is 11.1 Å². The molecule has 3 heteroatoms. The molecule has 1 saturated carbocycles. The zero-order valence-electron chi connectivity index (χ0n) is 10.3. The van der Waals surface area contributed by atoms with Crippen LogP contribution in [-0.4, -0.2) is 18.0 Å². The van der Waals surface area contributed by atoms with Crippen LogP contribution in [0.4, 0.5) is 0 Å². The number of carbonyl (C=O) groups is 1. The van der Waals surface area contributed by atoms with Crippen molar-refractivity contribution in [3.05, 3.63) is 35.4 Å². The van der Waals surface area contributed by atoms with Gasteiger partial charge in [0.15, 0.2) is 0 Å². The molecule has 1 fully saturated rings. The van der Waals surface area contributed by atoms with E-state index >= 15 is 0 Å². The predicted octanol–water partition coefficient (Wildman–Crippen LogP) is 1.99. The number of rotatable bonds is 2. The highest BCUT2D eigenvalue weighted by Gasteiger charge is 2.20. The fourth-order valence-corrected chi connectivity index (χ4v) is 2.32. The molecular formula is C14H20N2O. The van der Waals surface area contributed by atoms with E-state index in [1.165, 1.54) is 0 Å². The van der Waals surface area contributed by atoms with Gasteiger partial charge in [0.2, 0.25) is 0 Å². The molecule has 1 aromatic rings. The van der Waals surface area contributed by atoms with E-state index in [0.29, 0.717) is 12.1 Å². The number of amides is 1. The SMILES string of the molecule is Cc1cccc(C(=O)NC2CCC(N)CC2)c1. The Morgan fingerprint density at radius 2 is 2.00 bits per heavy atom. The summed E-state index contributed by atoms with van der Waals surface area (Å²) >= 11 is 0. The van der Waals surface area contributed by atoms with Gasteiger partial charge in [-0.3, -0.25) is 4.79 Å². The van der Waals surface area contributed by atoms with Gasteiger partial charge in [0.1, 0.15) is 0 Å². The first-order valence-electron chi connectivity index (χ1n) is 6.28. The van der Waals surface area contributed by atoms with Crippen LogP contribution in [0.5, 0.6) is 0 Å². The van der Waals surface area contributed by atoms with Crippen molar-refractivity contribution in [3.8, 4) is 0 Å². The summed E-state index contributed by atoms with van der Waals surface area (Å²) < 4.78 is 0. The van der Waals surface area contributed by atoms with Gasteiger partial charge in [-0.2, -0.15) is 0 Å². The van der Waals surface area contributed by atoms with Crippen LogP contribution in [0.1, 0.15) is 41.6 Å². The number of benzene rings is 1. The normalized spacial score (nSPS) is 24.4. The molecular weight excluding hydrogens is 212 g/mol. The minimum atomic E-state index is 0.0363. The molecule has 1 amide bonds. The molecule has 1 aliphatic rings. The molecule has 0 aromatic heterocycles. The first-order chi connectivity index (χ1) is 8.15. The minimum Gasteiger partial charge on any atom is -0.349 e. The fourth-order valence-electron chi connectivity index (χ4n) is 2.32. The summed E-state index contributed by atoms with van der Waals surface area (Å²) in [5.74, 6) is 0.0363. The van der Waals surface area contributed by atoms with Crippen LogP contribution in [0.3, 0.4) is 0 Å². The molecule has 0 bridgehead atoms. The fraction of sp³-hybridized carbons (Fsp3) is 0.500. The smallest absolute Gasteiger partial charge is 0.251 e. The van der Waals surface area contributed by atoms with Gasteiger partial charge in [-0.25, -0.2) is 0 Å². The Labute approximate surface area is 102 Å². The maximum atomic E-state index is 12.0. The average Bonchev–Trinajstić information content (AvgIpc) is 2.32. The van der Waals surface area contributed by atoms with Gasteiger partial charge in [0, 0.05) is 17.6 Å². The van der Waals surface area contributed by atoms with Gasteiger partial charge in [-0.15, -0.1) is 0 Å². The second-order valence-corrected chi connectivity index (χ2v) is 4.95. The molecule has 2 rings (SSSR count). The number of nitrogens with one attached hydrogen (secondary N) is 1. The van der Waals surface area contributed by atoms with Crippen molar-refractivity contribution >= 4 is 5.91 Å². The van der Waals surface area contributed by atoms with E-state index in [1.807, 2.05) is 31.2 Å². The van der Waals surface area contributed by atoms with Crippen LogP contribution in [-0.2, 0) is 0 Å². The van der Waals surface area contributed by atoms with E-state index in [2.05, 4.69) is 5.32 Å². The zero-order chi connectivity index (χ0) is 12.3. The lowest BCUT2D eigenvalue weighted by atomic mass is 9.91. The minimum absolute atomic E-state index is 0.0363. The molecule has 0 saturated heterocycles. The summed E-state index contributed by atoms with van der Waals surface area (Å²) in [6.07, 6.45) is 4.02. The van der Waals surface area contributed by atoms with Crippen LogP contribution in [0, 0.1) is 6.92 Å². The first-order valence-corrected chi connectivity index (χ1v) is 6.28. The summed E-state index contributed by atoms with van der Waals surface area (Å²) in [5, 5.41) is 3.09. The van der Waals surface area contributed by atoms with Crippen molar-refractivity contribution in [2.24, 2.45) is 5.73 Å². The second kappa shape index (κ2) is 5.32. The largest absolute Gasteiger partial charge is 0.349 e. The van der Waals surface area contributed by atoms with E-state index in [0.717, 1.165) is 36.8 Å². The molecule has 0 aliphatic heterocycles. The monoisotopic (exact) mass is 232 g/mol. The van der Waals surface area contributed by atoms with E-state index in [1.54, 1.807) is 0 Å². The van der Waals surface area contributed by atoms with Crippen molar-refractivity contribution in [1.29, 1.82) is 0 Å². The Morgan fingerprint density at radius 3 is 2.65 bits per heavy atom. The van der Waals surface area contributed by atoms with E-state index in [-0.39, 0.29) is 5.91 Å². The van der Waals surface area contributed by atoms with Crippen LogP contribution >= 0.6 is 0 Å². The molecule has 1 aliphatic carbocycles. The maximum absolute atomic E-state index is 12.0. The maximum Gasteiger partial charge on any atom is 0.251 e. The van der Waals surface area contributed by atoms with Crippen molar-refractivity contribution in [2.45, 2.75) is 44.7 Å². The molecule has 0 unspecified atom stereocenters. The molecule has 0 heterocycles. The van der Waals surface area contributed by atoms with E-state index in [4.69, 9.17) is 5.73 Å². The van der Waals surface area contributed by atoms with Gasteiger partial charge >= 0.3 is 0 Å². The third-order valence-electron chi connectivity index (χ3n) is 3.39.